The summed E-state index contributed by atoms with van der Waals surface area (Å²) < 4.78 is 20.3. The molecule has 0 aliphatic heterocycles. The third-order valence-corrected chi connectivity index (χ3v) is 3.53. The van der Waals surface area contributed by atoms with Crippen LogP contribution in [0.1, 0.15) is 72.6 Å². The van der Waals surface area contributed by atoms with E-state index in [2.05, 4.69) is 0 Å². The van der Waals surface area contributed by atoms with E-state index in [9.17, 15) is 19.2 Å². The third-order valence-electron chi connectivity index (χ3n) is 3.53. The van der Waals surface area contributed by atoms with Crippen LogP contribution in [0.5, 0.6) is 0 Å². The molecule has 0 bridgehead atoms. The van der Waals surface area contributed by atoms with Crippen molar-refractivity contribution >= 4 is 23.9 Å². The van der Waals surface area contributed by atoms with Gasteiger partial charge in [0, 0.05) is 6.92 Å². The van der Waals surface area contributed by atoms with Gasteiger partial charge in [0.1, 0.15) is 0 Å². The second-order valence-corrected chi connectivity index (χ2v) is 6.23. The molecular formula is C19H32O8. The van der Waals surface area contributed by atoms with Crippen LogP contribution in [0.4, 0.5) is 0 Å². The number of hydrogen-bond acceptors (Lipinski definition) is 8. The SMILES string of the molecule is CCCCOC(=O)CC(CC(=O)OCCCC)(OC(C)=O)C(=O)OCCC. The van der Waals surface area contributed by atoms with Crippen molar-refractivity contribution in [1.29, 1.82) is 0 Å². The summed E-state index contributed by atoms with van der Waals surface area (Å²) in [6.07, 6.45) is 2.28. The van der Waals surface area contributed by atoms with Crippen LogP contribution in [0, 0.1) is 0 Å². The minimum atomic E-state index is -2.09. The molecule has 8 heteroatoms. The molecule has 156 valence electrons. The Kier molecular flexibility index (Phi) is 12.9. The van der Waals surface area contributed by atoms with Crippen molar-refractivity contribution in [2.24, 2.45) is 0 Å². The van der Waals surface area contributed by atoms with E-state index in [-0.39, 0.29) is 19.8 Å². The quantitative estimate of drug-likeness (QED) is 0.254. The number of carbonyl (C=O) groups is 4. The maximum absolute atomic E-state index is 12.6. The van der Waals surface area contributed by atoms with Crippen molar-refractivity contribution in [3.8, 4) is 0 Å². The Labute approximate surface area is 160 Å². The smallest absolute Gasteiger partial charge is 0.351 e. The van der Waals surface area contributed by atoms with E-state index in [1.807, 2.05) is 13.8 Å². The minimum Gasteiger partial charge on any atom is -0.466 e. The van der Waals surface area contributed by atoms with Crippen LogP contribution in [-0.2, 0) is 38.1 Å². The average molecular weight is 388 g/mol. The highest BCUT2D eigenvalue weighted by Gasteiger charge is 2.48. The molecule has 0 aliphatic rings. The van der Waals surface area contributed by atoms with E-state index in [1.165, 1.54) is 0 Å². The summed E-state index contributed by atoms with van der Waals surface area (Å²) >= 11 is 0. The molecular weight excluding hydrogens is 356 g/mol. The Morgan fingerprint density at radius 1 is 0.704 bits per heavy atom. The van der Waals surface area contributed by atoms with Crippen molar-refractivity contribution in [3.05, 3.63) is 0 Å². The van der Waals surface area contributed by atoms with Crippen molar-refractivity contribution in [2.45, 2.75) is 78.2 Å². The van der Waals surface area contributed by atoms with Gasteiger partial charge < -0.3 is 18.9 Å². The molecule has 0 atom stereocenters. The van der Waals surface area contributed by atoms with E-state index in [1.54, 1.807) is 6.92 Å². The fourth-order valence-corrected chi connectivity index (χ4v) is 2.15. The standard InChI is InChI=1S/C19H32O8/c1-5-8-11-24-16(21)13-19(27-15(4)20,18(23)26-10-7-3)14-17(22)25-12-9-6-2/h5-14H2,1-4H3. The fourth-order valence-electron chi connectivity index (χ4n) is 2.15. The molecule has 0 radical (unpaired) electrons. The third kappa shape index (κ3) is 10.6. The highest BCUT2D eigenvalue weighted by molar-refractivity contribution is 5.92. The molecule has 0 rings (SSSR count). The molecule has 0 aromatic carbocycles. The lowest BCUT2D eigenvalue weighted by atomic mass is 9.95. The first kappa shape index (κ1) is 24.9. The first-order valence-electron chi connectivity index (χ1n) is 9.49. The number of esters is 4. The van der Waals surface area contributed by atoms with E-state index in [0.29, 0.717) is 19.3 Å². The van der Waals surface area contributed by atoms with Gasteiger partial charge in [0.25, 0.3) is 0 Å². The Bertz CT molecular complexity index is 462. The topological polar surface area (TPSA) is 105 Å². The highest BCUT2D eigenvalue weighted by atomic mass is 16.6. The molecule has 0 aliphatic carbocycles. The summed E-state index contributed by atoms with van der Waals surface area (Å²) in [7, 11) is 0. The Balaban J connectivity index is 5.39. The zero-order valence-corrected chi connectivity index (χ0v) is 16.8. The summed E-state index contributed by atoms with van der Waals surface area (Å²) in [5, 5.41) is 0. The normalized spacial score (nSPS) is 10.8. The molecule has 0 amide bonds. The number of ether oxygens (including phenoxy) is 4. The molecule has 0 heterocycles. The van der Waals surface area contributed by atoms with E-state index >= 15 is 0 Å². The second kappa shape index (κ2) is 14.0. The zero-order valence-electron chi connectivity index (χ0n) is 16.8. The van der Waals surface area contributed by atoms with Gasteiger partial charge >= 0.3 is 23.9 Å². The Morgan fingerprint density at radius 3 is 1.56 bits per heavy atom. The van der Waals surface area contributed by atoms with Gasteiger partial charge in [-0.05, 0) is 19.3 Å². The van der Waals surface area contributed by atoms with Gasteiger partial charge in [0.2, 0.25) is 5.60 Å². The molecule has 27 heavy (non-hydrogen) atoms. The molecule has 0 aromatic heterocycles. The summed E-state index contributed by atoms with van der Waals surface area (Å²) in [6.45, 7) is 7.17. The molecule has 0 fully saturated rings. The average Bonchev–Trinajstić information content (AvgIpc) is 2.59. The Hall–Kier alpha value is -2.12. The van der Waals surface area contributed by atoms with Crippen LogP contribution >= 0.6 is 0 Å². The van der Waals surface area contributed by atoms with Gasteiger partial charge in [0.15, 0.2) is 0 Å². The monoisotopic (exact) mass is 388 g/mol. The number of unbranched alkanes of at least 4 members (excludes halogenated alkanes) is 2. The summed E-state index contributed by atoms with van der Waals surface area (Å²) in [5.41, 5.74) is -2.09. The Morgan fingerprint density at radius 2 is 1.19 bits per heavy atom. The van der Waals surface area contributed by atoms with Crippen molar-refractivity contribution < 1.29 is 38.1 Å². The second-order valence-electron chi connectivity index (χ2n) is 6.23. The van der Waals surface area contributed by atoms with Gasteiger partial charge in [-0.25, -0.2) is 4.79 Å². The molecule has 0 N–H and O–H groups in total. The predicted molar refractivity (Wildman–Crippen MR) is 96.7 cm³/mol. The lowest BCUT2D eigenvalue weighted by Gasteiger charge is -2.29. The molecule has 0 spiro atoms. The summed E-state index contributed by atoms with van der Waals surface area (Å²) in [5.74, 6) is -3.27. The number of carbonyl (C=O) groups excluding carboxylic acids is 4. The largest absolute Gasteiger partial charge is 0.466 e. The van der Waals surface area contributed by atoms with Crippen LogP contribution in [0.2, 0.25) is 0 Å². The highest BCUT2D eigenvalue weighted by Crippen LogP contribution is 2.25. The first-order valence-corrected chi connectivity index (χ1v) is 9.49. The molecule has 0 saturated carbocycles. The number of hydrogen-bond donors (Lipinski definition) is 0. The van der Waals surface area contributed by atoms with Crippen molar-refractivity contribution in [1.82, 2.24) is 0 Å². The maximum atomic E-state index is 12.6. The van der Waals surface area contributed by atoms with Crippen LogP contribution < -0.4 is 0 Å². The molecule has 8 nitrogen and oxygen atoms in total. The molecule has 0 aromatic rings. The fraction of sp³-hybridized carbons (Fsp3) is 0.789. The summed E-state index contributed by atoms with van der Waals surface area (Å²) in [4.78, 5) is 48.5. The van der Waals surface area contributed by atoms with E-state index < -0.39 is 42.3 Å². The number of rotatable bonds is 14. The maximum Gasteiger partial charge on any atom is 0.351 e. The van der Waals surface area contributed by atoms with Crippen LogP contribution in [0.25, 0.3) is 0 Å². The molecule has 0 saturated heterocycles. The van der Waals surface area contributed by atoms with Gasteiger partial charge in [0.05, 0.1) is 32.7 Å². The van der Waals surface area contributed by atoms with Crippen molar-refractivity contribution in [3.63, 3.8) is 0 Å². The van der Waals surface area contributed by atoms with Gasteiger partial charge in [-0.2, -0.15) is 0 Å². The lowest BCUT2D eigenvalue weighted by Crippen LogP contribution is -2.48. The van der Waals surface area contributed by atoms with Crippen LogP contribution in [0.3, 0.4) is 0 Å². The zero-order chi connectivity index (χ0) is 20.7. The van der Waals surface area contributed by atoms with Gasteiger partial charge in [-0.3, -0.25) is 14.4 Å². The molecule has 0 unspecified atom stereocenters. The van der Waals surface area contributed by atoms with Gasteiger partial charge in [-0.15, -0.1) is 0 Å². The first-order chi connectivity index (χ1) is 12.8. The van der Waals surface area contributed by atoms with E-state index in [4.69, 9.17) is 18.9 Å². The van der Waals surface area contributed by atoms with Crippen LogP contribution in [0.15, 0.2) is 0 Å². The van der Waals surface area contributed by atoms with Crippen molar-refractivity contribution in [2.75, 3.05) is 19.8 Å². The summed E-state index contributed by atoms with van der Waals surface area (Å²) in [6, 6.07) is 0. The minimum absolute atomic E-state index is 0.0671. The van der Waals surface area contributed by atoms with Crippen LogP contribution in [-0.4, -0.2) is 49.3 Å². The van der Waals surface area contributed by atoms with E-state index in [0.717, 1.165) is 19.8 Å². The lowest BCUT2D eigenvalue weighted by molar-refractivity contribution is -0.190. The predicted octanol–water partition coefficient (Wildman–Crippen LogP) is 2.71. The van der Waals surface area contributed by atoms with Gasteiger partial charge in [-0.1, -0.05) is 33.6 Å².